The van der Waals surface area contributed by atoms with Gasteiger partial charge in [-0.2, -0.15) is 0 Å². The minimum Gasteiger partial charge on any atom is -0.382 e. The van der Waals surface area contributed by atoms with Crippen LogP contribution in [0.3, 0.4) is 0 Å². The molecule has 1 aromatic carbocycles. The molecule has 4 heteroatoms. The van der Waals surface area contributed by atoms with E-state index in [1.54, 1.807) is 0 Å². The van der Waals surface area contributed by atoms with Gasteiger partial charge in [-0.05, 0) is 48.8 Å². The van der Waals surface area contributed by atoms with Crippen molar-refractivity contribution in [3.8, 4) is 0 Å². The van der Waals surface area contributed by atoms with Crippen LogP contribution in [0.5, 0.6) is 0 Å². The Bertz CT molecular complexity index is 553. The molecule has 1 aliphatic carbocycles. The zero-order chi connectivity index (χ0) is 14.8. The zero-order valence-electron chi connectivity index (χ0n) is 12.6. The third-order valence-electron chi connectivity index (χ3n) is 4.14. The minimum atomic E-state index is -2.97. The van der Waals surface area contributed by atoms with Crippen LogP contribution in [0.4, 0.5) is 5.69 Å². The first-order chi connectivity index (χ1) is 9.33. The predicted octanol–water partition coefficient (Wildman–Crippen LogP) is 3.47. The monoisotopic (exact) mass is 295 g/mol. The SMILES string of the molecule is C[C@@H]1CC[C@@H](Nc2cccc(CS(C)(=O)=O)c2)[C@@H](C)C1. The molecule has 20 heavy (non-hydrogen) atoms. The molecule has 2 rings (SSSR count). The number of sulfone groups is 1. The number of hydrogen-bond acceptors (Lipinski definition) is 3. The maximum Gasteiger partial charge on any atom is 0.151 e. The highest BCUT2D eigenvalue weighted by Gasteiger charge is 2.25. The van der Waals surface area contributed by atoms with E-state index in [1.807, 2.05) is 24.3 Å². The fraction of sp³-hybridized carbons (Fsp3) is 0.625. The minimum absolute atomic E-state index is 0.111. The third-order valence-corrected chi connectivity index (χ3v) is 5.00. The van der Waals surface area contributed by atoms with Gasteiger partial charge in [0.25, 0.3) is 0 Å². The van der Waals surface area contributed by atoms with E-state index in [4.69, 9.17) is 0 Å². The molecule has 1 aliphatic rings. The fourth-order valence-corrected chi connectivity index (χ4v) is 3.93. The summed E-state index contributed by atoms with van der Waals surface area (Å²) in [5, 5.41) is 3.58. The predicted molar refractivity (Wildman–Crippen MR) is 84.6 cm³/mol. The summed E-state index contributed by atoms with van der Waals surface area (Å²) in [5.74, 6) is 1.59. The molecule has 3 nitrogen and oxygen atoms in total. The summed E-state index contributed by atoms with van der Waals surface area (Å²) in [4.78, 5) is 0. The zero-order valence-corrected chi connectivity index (χ0v) is 13.4. The summed E-state index contributed by atoms with van der Waals surface area (Å²) in [6.45, 7) is 4.62. The first-order valence-electron chi connectivity index (χ1n) is 7.36. The highest BCUT2D eigenvalue weighted by Crippen LogP contribution is 2.30. The Morgan fingerprint density at radius 3 is 2.65 bits per heavy atom. The topological polar surface area (TPSA) is 46.2 Å². The Labute approximate surface area is 122 Å². The maximum atomic E-state index is 11.4. The number of anilines is 1. The molecule has 1 aromatic rings. The van der Waals surface area contributed by atoms with E-state index in [9.17, 15) is 8.42 Å². The first kappa shape index (κ1) is 15.4. The van der Waals surface area contributed by atoms with Gasteiger partial charge in [0.05, 0.1) is 5.75 Å². The molecule has 0 amide bonds. The Kier molecular flexibility index (Phi) is 4.74. The molecule has 0 spiro atoms. The molecule has 0 aromatic heterocycles. The van der Waals surface area contributed by atoms with E-state index in [0.29, 0.717) is 12.0 Å². The van der Waals surface area contributed by atoms with E-state index in [0.717, 1.165) is 17.2 Å². The highest BCUT2D eigenvalue weighted by molar-refractivity contribution is 7.89. The largest absolute Gasteiger partial charge is 0.382 e. The van der Waals surface area contributed by atoms with Gasteiger partial charge in [-0.25, -0.2) is 8.42 Å². The van der Waals surface area contributed by atoms with Crippen molar-refractivity contribution in [3.05, 3.63) is 29.8 Å². The highest BCUT2D eigenvalue weighted by atomic mass is 32.2. The lowest BCUT2D eigenvalue weighted by Crippen LogP contribution is -2.33. The van der Waals surface area contributed by atoms with Crippen LogP contribution in [-0.4, -0.2) is 20.7 Å². The van der Waals surface area contributed by atoms with Gasteiger partial charge in [-0.15, -0.1) is 0 Å². The molecule has 0 radical (unpaired) electrons. The van der Waals surface area contributed by atoms with Crippen LogP contribution in [0, 0.1) is 11.8 Å². The van der Waals surface area contributed by atoms with Crippen LogP contribution >= 0.6 is 0 Å². The Morgan fingerprint density at radius 2 is 2.00 bits per heavy atom. The summed E-state index contributed by atoms with van der Waals surface area (Å²) in [6, 6.07) is 8.29. The lowest BCUT2D eigenvalue weighted by atomic mass is 9.80. The fourth-order valence-electron chi connectivity index (χ4n) is 3.15. The third kappa shape index (κ3) is 4.51. The number of nitrogens with one attached hydrogen (secondary N) is 1. The Morgan fingerprint density at radius 1 is 1.25 bits per heavy atom. The van der Waals surface area contributed by atoms with Crippen LogP contribution in [0.15, 0.2) is 24.3 Å². The van der Waals surface area contributed by atoms with Gasteiger partial charge in [0.1, 0.15) is 0 Å². The molecule has 0 bridgehead atoms. The number of hydrogen-bond donors (Lipinski definition) is 1. The second-order valence-electron chi connectivity index (χ2n) is 6.42. The van der Waals surface area contributed by atoms with E-state index in [-0.39, 0.29) is 5.75 Å². The van der Waals surface area contributed by atoms with Crippen molar-refractivity contribution >= 4 is 15.5 Å². The van der Waals surface area contributed by atoms with Crippen molar-refractivity contribution in [2.24, 2.45) is 11.8 Å². The summed E-state index contributed by atoms with van der Waals surface area (Å²) in [5.41, 5.74) is 1.90. The summed E-state index contributed by atoms with van der Waals surface area (Å²) >= 11 is 0. The lowest BCUT2D eigenvalue weighted by molar-refractivity contribution is 0.276. The van der Waals surface area contributed by atoms with Crippen LogP contribution in [-0.2, 0) is 15.6 Å². The summed E-state index contributed by atoms with van der Waals surface area (Å²) in [6.07, 6.45) is 5.00. The van der Waals surface area contributed by atoms with Gasteiger partial charge < -0.3 is 5.32 Å². The normalized spacial score (nSPS) is 27.2. The van der Waals surface area contributed by atoms with Gasteiger partial charge in [0, 0.05) is 18.0 Å². The van der Waals surface area contributed by atoms with Gasteiger partial charge in [-0.1, -0.05) is 26.0 Å². The van der Waals surface area contributed by atoms with Gasteiger partial charge in [0.15, 0.2) is 9.84 Å². The second kappa shape index (κ2) is 6.17. The standard InChI is InChI=1S/C16H25NO2S/c1-12-7-8-16(13(2)9-12)17-15-6-4-5-14(10-15)11-20(3,18)19/h4-6,10,12-13,16-17H,7-9,11H2,1-3H3/t12-,13+,16-/m1/s1. The smallest absolute Gasteiger partial charge is 0.151 e. The lowest BCUT2D eigenvalue weighted by Gasteiger charge is -2.34. The van der Waals surface area contributed by atoms with Crippen molar-refractivity contribution in [1.29, 1.82) is 0 Å². The van der Waals surface area contributed by atoms with Gasteiger partial charge >= 0.3 is 0 Å². The van der Waals surface area contributed by atoms with Gasteiger partial charge in [0.2, 0.25) is 0 Å². The average molecular weight is 295 g/mol. The van der Waals surface area contributed by atoms with Crippen molar-refractivity contribution < 1.29 is 8.42 Å². The summed E-state index contributed by atoms with van der Waals surface area (Å²) < 4.78 is 22.7. The van der Waals surface area contributed by atoms with Crippen LogP contribution in [0.25, 0.3) is 0 Å². The molecule has 1 saturated carbocycles. The molecule has 0 aliphatic heterocycles. The number of benzene rings is 1. The first-order valence-corrected chi connectivity index (χ1v) is 9.43. The summed E-state index contributed by atoms with van der Waals surface area (Å²) in [7, 11) is -2.97. The van der Waals surface area contributed by atoms with E-state index >= 15 is 0 Å². The van der Waals surface area contributed by atoms with Crippen LogP contribution in [0.2, 0.25) is 0 Å². The van der Waals surface area contributed by atoms with Crippen LogP contribution in [0.1, 0.15) is 38.7 Å². The van der Waals surface area contributed by atoms with Crippen LogP contribution < -0.4 is 5.32 Å². The second-order valence-corrected chi connectivity index (χ2v) is 8.56. The quantitative estimate of drug-likeness (QED) is 0.925. The van der Waals surface area contributed by atoms with Crippen molar-refractivity contribution in [1.82, 2.24) is 0 Å². The average Bonchev–Trinajstić information content (AvgIpc) is 2.31. The molecule has 0 heterocycles. The maximum absolute atomic E-state index is 11.4. The van der Waals surface area contributed by atoms with Crippen molar-refractivity contribution in [2.75, 3.05) is 11.6 Å². The molecule has 3 atom stereocenters. The van der Waals surface area contributed by atoms with Gasteiger partial charge in [-0.3, -0.25) is 0 Å². The molecular weight excluding hydrogens is 270 g/mol. The van der Waals surface area contributed by atoms with Crippen molar-refractivity contribution in [3.63, 3.8) is 0 Å². The molecule has 0 unspecified atom stereocenters. The van der Waals surface area contributed by atoms with E-state index < -0.39 is 9.84 Å². The molecule has 1 fully saturated rings. The Hall–Kier alpha value is -1.03. The van der Waals surface area contributed by atoms with E-state index in [2.05, 4.69) is 19.2 Å². The molecule has 0 saturated heterocycles. The number of rotatable bonds is 4. The molecule has 1 N–H and O–H groups in total. The Balaban J connectivity index is 2.04. The molecular formula is C16H25NO2S. The van der Waals surface area contributed by atoms with Crippen molar-refractivity contribution in [2.45, 2.75) is 44.9 Å². The molecule has 112 valence electrons. The van der Waals surface area contributed by atoms with E-state index in [1.165, 1.54) is 25.5 Å².